The normalized spacial score (nSPS) is 14.6. The van der Waals surface area contributed by atoms with E-state index in [0.29, 0.717) is 54.7 Å². The molecule has 1 saturated heterocycles. The van der Waals surface area contributed by atoms with Crippen LogP contribution in [0.25, 0.3) is 11.0 Å². The van der Waals surface area contributed by atoms with Crippen molar-refractivity contribution >= 4 is 56.1 Å². The van der Waals surface area contributed by atoms with Crippen LogP contribution in [0.3, 0.4) is 0 Å². The molecule has 2 aromatic carbocycles. The van der Waals surface area contributed by atoms with Gasteiger partial charge in [0.25, 0.3) is 5.91 Å². The summed E-state index contributed by atoms with van der Waals surface area (Å²) in [7, 11) is 0. The summed E-state index contributed by atoms with van der Waals surface area (Å²) in [6.07, 6.45) is 0.694. The second kappa shape index (κ2) is 8.70. The molecule has 6 nitrogen and oxygen atoms in total. The number of halogens is 2. The number of furan rings is 1. The Kier molecular flexibility index (Phi) is 6.01. The van der Waals surface area contributed by atoms with Gasteiger partial charge in [0.15, 0.2) is 5.76 Å². The van der Waals surface area contributed by atoms with Gasteiger partial charge in [-0.1, -0.05) is 33.6 Å². The lowest BCUT2D eigenvalue weighted by Gasteiger charge is -2.22. The maximum atomic E-state index is 13.1. The lowest BCUT2D eigenvalue weighted by molar-refractivity contribution is 0.0732. The lowest BCUT2D eigenvalue weighted by atomic mass is 10.1. The van der Waals surface area contributed by atoms with Crippen molar-refractivity contribution in [1.82, 2.24) is 9.80 Å². The number of amides is 3. The standard InChI is InChI=1S/C22H21BrClN3O3/c1-14-18-12-15(23)6-7-19(18)30-20(14)21(28)26-8-3-9-27(11-10-26)22(29)25-17-5-2-4-16(24)13-17/h2,4-7,12-13H,3,8-11H2,1H3,(H,25,29). The van der Waals surface area contributed by atoms with Crippen molar-refractivity contribution in [2.75, 3.05) is 31.5 Å². The molecule has 1 fully saturated rings. The zero-order chi connectivity index (χ0) is 21.3. The summed E-state index contributed by atoms with van der Waals surface area (Å²) < 4.78 is 6.80. The zero-order valence-electron chi connectivity index (χ0n) is 16.5. The predicted octanol–water partition coefficient (Wildman–Crippen LogP) is 5.54. The van der Waals surface area contributed by atoms with Crippen molar-refractivity contribution < 1.29 is 14.0 Å². The Labute approximate surface area is 187 Å². The molecule has 1 aromatic heterocycles. The Morgan fingerprint density at radius 1 is 1.07 bits per heavy atom. The molecule has 0 aliphatic carbocycles. The highest BCUT2D eigenvalue weighted by Gasteiger charge is 2.27. The molecule has 156 valence electrons. The maximum absolute atomic E-state index is 13.1. The number of aryl methyl sites for hydroxylation is 1. The fourth-order valence-electron chi connectivity index (χ4n) is 3.63. The first-order valence-corrected chi connectivity index (χ1v) is 10.9. The number of nitrogens with zero attached hydrogens (tertiary/aromatic N) is 2. The van der Waals surface area contributed by atoms with E-state index in [2.05, 4.69) is 21.2 Å². The first-order valence-electron chi connectivity index (χ1n) is 9.72. The minimum absolute atomic E-state index is 0.142. The summed E-state index contributed by atoms with van der Waals surface area (Å²) in [6.45, 7) is 3.93. The molecule has 2 heterocycles. The fraction of sp³-hybridized carbons (Fsp3) is 0.273. The summed E-state index contributed by atoms with van der Waals surface area (Å²) in [6, 6.07) is 12.5. The first kappa shape index (κ1) is 20.8. The Morgan fingerprint density at radius 2 is 1.83 bits per heavy atom. The van der Waals surface area contributed by atoms with Crippen LogP contribution in [0.4, 0.5) is 10.5 Å². The Balaban J connectivity index is 1.44. The van der Waals surface area contributed by atoms with Gasteiger partial charge in [0.1, 0.15) is 5.58 Å². The molecular weight excluding hydrogens is 470 g/mol. The third-order valence-electron chi connectivity index (χ3n) is 5.24. The number of fused-ring (bicyclic) bond motifs is 1. The number of carbonyl (C=O) groups excluding carboxylic acids is 2. The summed E-state index contributed by atoms with van der Waals surface area (Å²) in [5, 5.41) is 4.35. The molecule has 30 heavy (non-hydrogen) atoms. The first-order chi connectivity index (χ1) is 14.4. The van der Waals surface area contributed by atoms with E-state index < -0.39 is 0 Å². The molecule has 0 atom stereocenters. The molecule has 1 N–H and O–H groups in total. The van der Waals surface area contributed by atoms with E-state index in [4.69, 9.17) is 16.0 Å². The molecule has 1 aliphatic heterocycles. The van der Waals surface area contributed by atoms with E-state index in [1.165, 1.54) is 0 Å². The van der Waals surface area contributed by atoms with Gasteiger partial charge in [-0.15, -0.1) is 0 Å². The fourth-order valence-corrected chi connectivity index (χ4v) is 4.18. The quantitative estimate of drug-likeness (QED) is 0.513. The highest BCUT2D eigenvalue weighted by Crippen LogP contribution is 2.29. The van der Waals surface area contributed by atoms with Crippen LogP contribution in [0.5, 0.6) is 0 Å². The van der Waals surface area contributed by atoms with Crippen molar-refractivity contribution in [2.45, 2.75) is 13.3 Å². The highest BCUT2D eigenvalue weighted by molar-refractivity contribution is 9.10. The SMILES string of the molecule is Cc1c(C(=O)N2CCCN(C(=O)Nc3cccc(Cl)c3)CC2)oc2ccc(Br)cc12. The van der Waals surface area contributed by atoms with Gasteiger partial charge in [-0.05, 0) is 49.7 Å². The van der Waals surface area contributed by atoms with Gasteiger partial charge in [0, 0.05) is 52.3 Å². The molecular formula is C22H21BrClN3O3. The van der Waals surface area contributed by atoms with Crippen LogP contribution in [-0.2, 0) is 0 Å². The van der Waals surface area contributed by atoms with E-state index >= 15 is 0 Å². The summed E-state index contributed by atoms with van der Waals surface area (Å²) >= 11 is 9.44. The summed E-state index contributed by atoms with van der Waals surface area (Å²) in [5.74, 6) is 0.219. The third-order valence-corrected chi connectivity index (χ3v) is 5.97. The van der Waals surface area contributed by atoms with Gasteiger partial charge in [-0.25, -0.2) is 4.79 Å². The highest BCUT2D eigenvalue weighted by atomic mass is 79.9. The van der Waals surface area contributed by atoms with E-state index in [1.54, 1.807) is 34.1 Å². The number of anilines is 1. The molecule has 8 heteroatoms. The van der Waals surface area contributed by atoms with E-state index in [0.717, 1.165) is 15.4 Å². The van der Waals surface area contributed by atoms with E-state index in [-0.39, 0.29) is 11.9 Å². The Hall–Kier alpha value is -2.51. The second-order valence-corrected chi connectivity index (χ2v) is 8.62. The van der Waals surface area contributed by atoms with Crippen LogP contribution >= 0.6 is 27.5 Å². The number of rotatable bonds is 2. The number of hydrogen-bond acceptors (Lipinski definition) is 3. The van der Waals surface area contributed by atoms with Crippen molar-refractivity contribution in [1.29, 1.82) is 0 Å². The van der Waals surface area contributed by atoms with Gasteiger partial charge in [0.2, 0.25) is 0 Å². The molecule has 3 amide bonds. The summed E-state index contributed by atoms with van der Waals surface area (Å²) in [5.41, 5.74) is 2.17. The minimum atomic E-state index is -0.198. The number of nitrogens with one attached hydrogen (secondary N) is 1. The zero-order valence-corrected chi connectivity index (χ0v) is 18.8. The van der Waals surface area contributed by atoms with Crippen molar-refractivity contribution in [2.24, 2.45) is 0 Å². The predicted molar refractivity (Wildman–Crippen MR) is 121 cm³/mol. The van der Waals surface area contributed by atoms with Crippen LogP contribution in [0.15, 0.2) is 51.4 Å². The van der Waals surface area contributed by atoms with Crippen molar-refractivity contribution in [3.05, 3.63) is 63.3 Å². The van der Waals surface area contributed by atoms with Crippen LogP contribution in [0.2, 0.25) is 5.02 Å². The van der Waals surface area contributed by atoms with Gasteiger partial charge in [0.05, 0.1) is 0 Å². The number of carbonyl (C=O) groups is 2. The van der Waals surface area contributed by atoms with Gasteiger partial charge >= 0.3 is 6.03 Å². The second-order valence-electron chi connectivity index (χ2n) is 7.27. The van der Waals surface area contributed by atoms with Crippen LogP contribution < -0.4 is 5.32 Å². The average Bonchev–Trinajstić information content (AvgIpc) is 2.90. The molecule has 3 aromatic rings. The van der Waals surface area contributed by atoms with E-state index in [1.807, 2.05) is 25.1 Å². The van der Waals surface area contributed by atoms with Crippen LogP contribution in [-0.4, -0.2) is 47.9 Å². The molecule has 4 rings (SSSR count). The minimum Gasteiger partial charge on any atom is -0.451 e. The average molecular weight is 491 g/mol. The lowest BCUT2D eigenvalue weighted by Crippen LogP contribution is -2.39. The molecule has 0 saturated carbocycles. The van der Waals surface area contributed by atoms with Crippen LogP contribution in [0, 0.1) is 6.92 Å². The maximum Gasteiger partial charge on any atom is 0.321 e. The van der Waals surface area contributed by atoms with Gasteiger partial charge < -0.3 is 19.5 Å². The smallest absolute Gasteiger partial charge is 0.321 e. The number of benzene rings is 2. The van der Waals surface area contributed by atoms with Crippen LogP contribution in [0.1, 0.15) is 22.5 Å². The summed E-state index contributed by atoms with van der Waals surface area (Å²) in [4.78, 5) is 29.2. The molecule has 0 bridgehead atoms. The van der Waals surface area contributed by atoms with E-state index in [9.17, 15) is 9.59 Å². The number of hydrogen-bond donors (Lipinski definition) is 1. The third kappa shape index (κ3) is 4.32. The van der Waals surface area contributed by atoms with Gasteiger partial charge in [-0.2, -0.15) is 0 Å². The van der Waals surface area contributed by atoms with Gasteiger partial charge in [-0.3, -0.25) is 4.79 Å². The van der Waals surface area contributed by atoms with Crippen molar-refractivity contribution in [3.8, 4) is 0 Å². The Bertz CT molecular complexity index is 1110. The molecule has 1 aliphatic rings. The monoisotopic (exact) mass is 489 g/mol. The molecule has 0 spiro atoms. The topological polar surface area (TPSA) is 65.8 Å². The van der Waals surface area contributed by atoms with Crippen molar-refractivity contribution in [3.63, 3.8) is 0 Å². The number of urea groups is 1. The largest absolute Gasteiger partial charge is 0.451 e. The molecule has 0 radical (unpaired) electrons. The Morgan fingerprint density at radius 3 is 2.63 bits per heavy atom. The molecule has 0 unspecified atom stereocenters.